The molecule has 0 spiro atoms. The first-order valence-corrected chi connectivity index (χ1v) is 8.81. The Morgan fingerprint density at radius 3 is 2.58 bits per heavy atom. The average Bonchev–Trinajstić information content (AvgIpc) is 2.97. The Labute approximate surface area is 142 Å². The maximum absolute atomic E-state index is 13.0. The molecule has 0 N–H and O–H groups in total. The van der Waals surface area contributed by atoms with Gasteiger partial charge in [0.15, 0.2) is 0 Å². The number of nitrogens with zero attached hydrogens (tertiary/aromatic N) is 3. The van der Waals surface area contributed by atoms with Gasteiger partial charge in [0.05, 0.1) is 16.9 Å². The highest BCUT2D eigenvalue weighted by molar-refractivity contribution is 7.91. The van der Waals surface area contributed by atoms with Gasteiger partial charge >= 0.3 is 0 Å². The number of ether oxygens (including phenoxy) is 1. The van der Waals surface area contributed by atoms with Gasteiger partial charge in [-0.1, -0.05) is 11.6 Å². The minimum absolute atomic E-state index is 0.0388. The highest BCUT2D eigenvalue weighted by Gasteiger charge is 2.24. The molecule has 126 valence electrons. The summed E-state index contributed by atoms with van der Waals surface area (Å²) >= 11 is 6.11. The zero-order valence-electron chi connectivity index (χ0n) is 12.6. The van der Waals surface area contributed by atoms with Gasteiger partial charge in [0, 0.05) is 19.9 Å². The van der Waals surface area contributed by atoms with E-state index in [1.165, 1.54) is 0 Å². The molecule has 9 heteroatoms. The maximum Gasteiger partial charge on any atom is 0.255 e. The first kappa shape index (κ1) is 16.8. The fraction of sp³-hybridized carbons (Fsp3) is 0.200. The zero-order valence-corrected chi connectivity index (χ0v) is 14.2. The van der Waals surface area contributed by atoms with E-state index in [-0.39, 0.29) is 10.0 Å². The predicted molar refractivity (Wildman–Crippen MR) is 86.3 cm³/mol. The third kappa shape index (κ3) is 3.00. The predicted octanol–water partition coefficient (Wildman–Crippen LogP) is 2.70. The molecule has 0 radical (unpaired) electrons. The van der Waals surface area contributed by atoms with Gasteiger partial charge in [0.25, 0.3) is 5.16 Å². The molecule has 0 saturated heterocycles. The van der Waals surface area contributed by atoms with Crippen LogP contribution >= 0.6 is 11.6 Å². The molecule has 0 aliphatic heterocycles. The van der Waals surface area contributed by atoms with Crippen LogP contribution in [-0.2, 0) is 21.1 Å². The van der Waals surface area contributed by atoms with Crippen molar-refractivity contribution < 1.29 is 17.5 Å². The van der Waals surface area contributed by atoms with Crippen LogP contribution < -0.4 is 0 Å². The molecule has 0 amide bonds. The van der Waals surface area contributed by atoms with Crippen molar-refractivity contribution in [1.29, 1.82) is 0 Å². The van der Waals surface area contributed by atoms with E-state index >= 15 is 0 Å². The summed E-state index contributed by atoms with van der Waals surface area (Å²) in [6.07, 6.45) is 1.73. The third-order valence-corrected chi connectivity index (χ3v) is 5.30. The second kappa shape index (κ2) is 6.46. The first-order valence-electron chi connectivity index (χ1n) is 6.95. The quantitative estimate of drug-likeness (QED) is 0.393. The van der Waals surface area contributed by atoms with E-state index in [9.17, 15) is 12.8 Å². The number of rotatable bonds is 5. The average molecular weight is 370 g/mol. The van der Waals surface area contributed by atoms with Crippen molar-refractivity contribution in [3.8, 4) is 0 Å². The minimum Gasteiger partial charge on any atom is -0.383 e. The van der Waals surface area contributed by atoms with E-state index in [4.69, 9.17) is 16.3 Å². The van der Waals surface area contributed by atoms with Gasteiger partial charge in [-0.3, -0.25) is 0 Å². The van der Waals surface area contributed by atoms with Crippen LogP contribution in [-0.4, -0.2) is 36.7 Å². The van der Waals surface area contributed by atoms with Gasteiger partial charge in [-0.15, -0.1) is 0 Å². The lowest BCUT2D eigenvalue weighted by Crippen LogP contribution is -2.10. The molecule has 0 atom stereocenters. The molecule has 0 aliphatic carbocycles. The molecule has 2 aromatic heterocycles. The summed E-state index contributed by atoms with van der Waals surface area (Å²) < 4.78 is 45.1. The number of methoxy groups -OCH3 is 1. The van der Waals surface area contributed by atoms with Gasteiger partial charge in [-0.05, 0) is 30.3 Å². The van der Waals surface area contributed by atoms with Gasteiger partial charge < -0.3 is 9.30 Å². The molecule has 0 saturated carbocycles. The Morgan fingerprint density at radius 2 is 1.92 bits per heavy atom. The van der Waals surface area contributed by atoms with Gasteiger partial charge in [0.1, 0.15) is 16.6 Å². The van der Waals surface area contributed by atoms with Gasteiger partial charge in [0.2, 0.25) is 9.84 Å². The lowest BCUT2D eigenvalue weighted by molar-refractivity contribution is 0.188. The van der Waals surface area contributed by atoms with E-state index in [1.54, 1.807) is 23.9 Å². The molecule has 6 nitrogen and oxygen atoms in total. The SMILES string of the molecule is COCCn1ccc2c(Cl)nc(S(=O)(=O)c3ccc(F)cc3)nc21. The standard InChI is InChI=1S/C15H13ClFN3O3S/c1-23-9-8-20-7-6-12-13(16)18-15(19-14(12)20)24(21,22)11-4-2-10(17)3-5-11/h2-7H,8-9H2,1H3. The fourth-order valence-electron chi connectivity index (χ4n) is 2.22. The second-order valence-corrected chi connectivity index (χ2v) is 7.20. The largest absolute Gasteiger partial charge is 0.383 e. The van der Waals surface area contributed by atoms with Crippen LogP contribution in [0.15, 0.2) is 46.6 Å². The number of halogens is 2. The van der Waals surface area contributed by atoms with Crippen molar-refractivity contribution in [3.05, 3.63) is 47.5 Å². The number of aromatic nitrogens is 3. The normalized spacial score (nSPS) is 12.0. The van der Waals surface area contributed by atoms with Crippen molar-refractivity contribution in [1.82, 2.24) is 14.5 Å². The van der Waals surface area contributed by atoms with Crippen molar-refractivity contribution in [2.45, 2.75) is 16.6 Å². The highest BCUT2D eigenvalue weighted by Crippen LogP contribution is 2.26. The Hall–Kier alpha value is -2.03. The molecular formula is C15H13ClFN3O3S. The molecule has 1 aromatic carbocycles. The van der Waals surface area contributed by atoms with Crippen molar-refractivity contribution in [3.63, 3.8) is 0 Å². The van der Waals surface area contributed by atoms with Crippen molar-refractivity contribution in [2.24, 2.45) is 0 Å². The number of hydrogen-bond donors (Lipinski definition) is 0. The molecule has 0 fully saturated rings. The molecule has 0 unspecified atom stereocenters. The molecule has 3 aromatic rings. The topological polar surface area (TPSA) is 74.1 Å². The van der Waals surface area contributed by atoms with Gasteiger partial charge in [-0.25, -0.2) is 17.8 Å². The van der Waals surface area contributed by atoms with E-state index in [0.717, 1.165) is 24.3 Å². The molecular weight excluding hydrogens is 357 g/mol. The maximum atomic E-state index is 13.0. The van der Waals surface area contributed by atoms with E-state index in [0.29, 0.717) is 24.2 Å². The van der Waals surface area contributed by atoms with Crippen molar-refractivity contribution in [2.75, 3.05) is 13.7 Å². The Morgan fingerprint density at radius 1 is 1.21 bits per heavy atom. The number of sulfone groups is 1. The lowest BCUT2D eigenvalue weighted by Gasteiger charge is -2.07. The summed E-state index contributed by atoms with van der Waals surface area (Å²) in [7, 11) is -2.44. The first-order chi connectivity index (χ1) is 11.4. The van der Waals surface area contributed by atoms with Crippen LogP contribution in [0.25, 0.3) is 11.0 Å². The minimum atomic E-state index is -4.00. The smallest absolute Gasteiger partial charge is 0.255 e. The third-order valence-electron chi connectivity index (χ3n) is 3.45. The Kier molecular flexibility index (Phi) is 4.53. The fourth-order valence-corrected chi connectivity index (χ4v) is 3.62. The summed E-state index contributed by atoms with van der Waals surface area (Å²) in [4.78, 5) is 7.94. The summed E-state index contributed by atoms with van der Waals surface area (Å²) in [5.74, 6) is -0.531. The molecule has 0 bridgehead atoms. The number of benzene rings is 1. The summed E-state index contributed by atoms with van der Waals surface area (Å²) in [5, 5.41) is 0.159. The Bertz CT molecular complexity index is 987. The highest BCUT2D eigenvalue weighted by atomic mass is 35.5. The van der Waals surface area contributed by atoms with Crippen LogP contribution in [0.2, 0.25) is 5.15 Å². The zero-order chi connectivity index (χ0) is 17.3. The summed E-state index contributed by atoms with van der Waals surface area (Å²) in [6, 6.07) is 6.16. The summed E-state index contributed by atoms with van der Waals surface area (Å²) in [5.41, 5.74) is 0.396. The van der Waals surface area contributed by atoms with E-state index in [1.807, 2.05) is 0 Å². The van der Waals surface area contributed by atoms with E-state index < -0.39 is 20.8 Å². The molecule has 24 heavy (non-hydrogen) atoms. The van der Waals surface area contributed by atoms with Crippen molar-refractivity contribution >= 4 is 32.5 Å². The number of hydrogen-bond acceptors (Lipinski definition) is 5. The van der Waals surface area contributed by atoms with Crippen LogP contribution in [0.3, 0.4) is 0 Å². The van der Waals surface area contributed by atoms with E-state index in [2.05, 4.69) is 9.97 Å². The molecule has 3 rings (SSSR count). The lowest BCUT2D eigenvalue weighted by atomic mass is 10.4. The Balaban J connectivity index is 2.13. The summed E-state index contributed by atoms with van der Waals surface area (Å²) in [6.45, 7) is 0.925. The second-order valence-electron chi connectivity index (χ2n) is 4.99. The van der Waals surface area contributed by atoms with Crippen LogP contribution in [0.1, 0.15) is 0 Å². The van der Waals surface area contributed by atoms with Crippen LogP contribution in [0.5, 0.6) is 0 Å². The van der Waals surface area contributed by atoms with Crippen LogP contribution in [0, 0.1) is 5.82 Å². The van der Waals surface area contributed by atoms with Crippen LogP contribution in [0.4, 0.5) is 4.39 Å². The molecule has 2 heterocycles. The van der Waals surface area contributed by atoms with Gasteiger partial charge in [-0.2, -0.15) is 4.98 Å². The number of fused-ring (bicyclic) bond motifs is 1. The monoisotopic (exact) mass is 369 g/mol. The molecule has 0 aliphatic rings.